The summed E-state index contributed by atoms with van der Waals surface area (Å²) in [5.74, 6) is 0.690. The van der Waals surface area contributed by atoms with Crippen molar-refractivity contribution < 1.29 is 0 Å². The molecule has 50 heavy (non-hydrogen) atoms. The third-order valence-corrected chi connectivity index (χ3v) is 9.30. The maximum atomic E-state index is 5.22. The molecule has 0 fully saturated rings. The fourth-order valence-electron chi connectivity index (χ4n) is 6.73. The van der Waals surface area contributed by atoms with Crippen LogP contribution in [0.5, 0.6) is 0 Å². The molecule has 0 spiro atoms. The van der Waals surface area contributed by atoms with Gasteiger partial charge in [-0.3, -0.25) is 4.98 Å². The molecule has 0 saturated carbocycles. The highest BCUT2D eigenvalue weighted by Crippen LogP contribution is 2.37. The number of nitrogens with zero attached hydrogens (tertiary/aromatic N) is 3. The number of pyridine rings is 1. The van der Waals surface area contributed by atoms with E-state index in [1.807, 2.05) is 36.5 Å². The second kappa shape index (κ2) is 12.7. The molecule has 0 saturated heterocycles. The maximum Gasteiger partial charge on any atom is 0.160 e. The summed E-state index contributed by atoms with van der Waals surface area (Å²) in [6.07, 6.45) is 1.87. The lowest BCUT2D eigenvalue weighted by Crippen LogP contribution is -1.97. The fourth-order valence-corrected chi connectivity index (χ4v) is 6.73. The van der Waals surface area contributed by atoms with Crippen LogP contribution in [0.1, 0.15) is 0 Å². The minimum atomic E-state index is 0.690. The number of rotatable bonds is 6. The number of benzene rings is 7. The Morgan fingerprint density at radius 1 is 0.300 bits per heavy atom. The van der Waals surface area contributed by atoms with Gasteiger partial charge in [-0.1, -0.05) is 146 Å². The van der Waals surface area contributed by atoms with Gasteiger partial charge in [-0.2, -0.15) is 0 Å². The number of para-hydroxylation sites is 1. The first-order valence-electron chi connectivity index (χ1n) is 16.8. The lowest BCUT2D eigenvalue weighted by molar-refractivity contribution is 1.18. The molecule has 0 aliphatic rings. The molecule has 0 atom stereocenters. The third-order valence-electron chi connectivity index (χ3n) is 9.30. The van der Waals surface area contributed by atoms with Crippen LogP contribution < -0.4 is 0 Å². The van der Waals surface area contributed by atoms with Crippen molar-refractivity contribution in [3.63, 3.8) is 0 Å². The second-order valence-corrected chi connectivity index (χ2v) is 12.5. The minimum Gasteiger partial charge on any atom is -0.256 e. The van der Waals surface area contributed by atoms with Gasteiger partial charge in [0.15, 0.2) is 5.82 Å². The first kappa shape index (κ1) is 29.4. The van der Waals surface area contributed by atoms with Crippen LogP contribution in [-0.2, 0) is 0 Å². The summed E-state index contributed by atoms with van der Waals surface area (Å²) in [5, 5.41) is 3.54. The number of hydrogen-bond acceptors (Lipinski definition) is 3. The predicted molar refractivity (Wildman–Crippen MR) is 207 cm³/mol. The zero-order valence-electron chi connectivity index (χ0n) is 27.2. The van der Waals surface area contributed by atoms with Crippen molar-refractivity contribution in [2.24, 2.45) is 0 Å². The molecule has 9 rings (SSSR count). The predicted octanol–water partition coefficient (Wildman–Crippen LogP) is 12.2. The van der Waals surface area contributed by atoms with Gasteiger partial charge >= 0.3 is 0 Å². The average Bonchev–Trinajstić information content (AvgIpc) is 3.21. The van der Waals surface area contributed by atoms with E-state index in [1.54, 1.807) is 0 Å². The molecule has 0 unspecified atom stereocenters. The molecular weight excluding hydrogens is 607 g/mol. The van der Waals surface area contributed by atoms with Crippen molar-refractivity contribution >= 4 is 21.7 Å². The lowest BCUT2D eigenvalue weighted by Gasteiger charge is -2.14. The third kappa shape index (κ3) is 5.72. The summed E-state index contributed by atoms with van der Waals surface area (Å²) in [6, 6.07) is 63.9. The summed E-state index contributed by atoms with van der Waals surface area (Å²) in [7, 11) is 0. The number of aromatic nitrogens is 3. The van der Waals surface area contributed by atoms with E-state index < -0.39 is 0 Å². The summed E-state index contributed by atoms with van der Waals surface area (Å²) in [5.41, 5.74) is 12.5. The topological polar surface area (TPSA) is 38.7 Å². The molecule has 7 aromatic carbocycles. The minimum absolute atomic E-state index is 0.690. The van der Waals surface area contributed by atoms with Crippen molar-refractivity contribution in [3.8, 4) is 67.3 Å². The van der Waals surface area contributed by atoms with Crippen LogP contribution in [0.2, 0.25) is 0 Å². The van der Waals surface area contributed by atoms with E-state index in [1.165, 1.54) is 21.9 Å². The molecule has 0 amide bonds. The Hall–Kier alpha value is -6.71. The van der Waals surface area contributed by atoms with E-state index >= 15 is 0 Å². The summed E-state index contributed by atoms with van der Waals surface area (Å²) in [6.45, 7) is 0. The molecule has 0 aliphatic heterocycles. The van der Waals surface area contributed by atoms with Gasteiger partial charge in [-0.25, -0.2) is 9.97 Å². The van der Waals surface area contributed by atoms with Crippen LogP contribution in [0, 0.1) is 0 Å². The lowest BCUT2D eigenvalue weighted by atomic mass is 9.92. The van der Waals surface area contributed by atoms with E-state index in [9.17, 15) is 0 Å². The van der Waals surface area contributed by atoms with Gasteiger partial charge in [-0.15, -0.1) is 0 Å². The quantitative estimate of drug-likeness (QED) is 0.182. The van der Waals surface area contributed by atoms with E-state index in [2.05, 4.69) is 152 Å². The highest BCUT2D eigenvalue weighted by Gasteiger charge is 2.15. The Morgan fingerprint density at radius 2 is 0.880 bits per heavy atom. The SMILES string of the molecule is c1ccc(-c2ccc(-c3cc(-c4cc(-c5ccc6ccccc6c5)cc(-c5cccc6cccnc56)c4)nc(-c4ccccc4)n3)cc2)cc1. The molecule has 3 heteroatoms. The normalized spacial score (nSPS) is 11.2. The Kier molecular flexibility index (Phi) is 7.49. The molecule has 3 nitrogen and oxygen atoms in total. The summed E-state index contributed by atoms with van der Waals surface area (Å²) >= 11 is 0. The van der Waals surface area contributed by atoms with E-state index in [0.29, 0.717) is 5.82 Å². The molecular formula is C47H31N3. The van der Waals surface area contributed by atoms with E-state index in [4.69, 9.17) is 15.0 Å². The van der Waals surface area contributed by atoms with Crippen molar-refractivity contribution in [1.29, 1.82) is 0 Å². The van der Waals surface area contributed by atoms with Gasteiger partial charge < -0.3 is 0 Å². The zero-order chi connectivity index (χ0) is 33.3. The van der Waals surface area contributed by atoms with Gasteiger partial charge in [0.2, 0.25) is 0 Å². The van der Waals surface area contributed by atoms with E-state index in [0.717, 1.165) is 61.2 Å². The van der Waals surface area contributed by atoms with Gasteiger partial charge in [0, 0.05) is 33.8 Å². The van der Waals surface area contributed by atoms with Gasteiger partial charge in [0.1, 0.15) is 0 Å². The first-order chi connectivity index (χ1) is 24.7. The van der Waals surface area contributed by atoms with Gasteiger partial charge in [0.25, 0.3) is 0 Å². The van der Waals surface area contributed by atoms with Crippen LogP contribution in [0.15, 0.2) is 188 Å². The number of hydrogen-bond donors (Lipinski definition) is 0. The highest BCUT2D eigenvalue weighted by molar-refractivity contribution is 5.96. The Morgan fingerprint density at radius 3 is 1.68 bits per heavy atom. The number of fused-ring (bicyclic) bond motifs is 2. The van der Waals surface area contributed by atoms with Crippen molar-refractivity contribution in [2.75, 3.05) is 0 Å². The highest BCUT2D eigenvalue weighted by atomic mass is 14.9. The van der Waals surface area contributed by atoms with Gasteiger partial charge in [-0.05, 0) is 75.0 Å². The van der Waals surface area contributed by atoms with Crippen LogP contribution in [0.4, 0.5) is 0 Å². The largest absolute Gasteiger partial charge is 0.256 e. The van der Waals surface area contributed by atoms with Crippen molar-refractivity contribution in [3.05, 3.63) is 188 Å². The van der Waals surface area contributed by atoms with Gasteiger partial charge in [0.05, 0.1) is 16.9 Å². The zero-order valence-corrected chi connectivity index (χ0v) is 27.2. The molecule has 234 valence electrons. The second-order valence-electron chi connectivity index (χ2n) is 12.5. The smallest absolute Gasteiger partial charge is 0.160 e. The average molecular weight is 638 g/mol. The van der Waals surface area contributed by atoms with Crippen LogP contribution in [-0.4, -0.2) is 15.0 Å². The monoisotopic (exact) mass is 637 g/mol. The van der Waals surface area contributed by atoms with Crippen LogP contribution >= 0.6 is 0 Å². The fraction of sp³-hybridized carbons (Fsp3) is 0. The maximum absolute atomic E-state index is 5.22. The Balaban J connectivity index is 1.25. The molecule has 0 N–H and O–H groups in total. The summed E-state index contributed by atoms with van der Waals surface area (Å²) in [4.78, 5) is 15.2. The van der Waals surface area contributed by atoms with E-state index in [-0.39, 0.29) is 0 Å². The Bertz CT molecular complexity index is 2620. The standard InChI is InChI=1S/C47H31N3/c1-3-11-32(12-4-1)34-20-23-35(24-21-34)44-31-45(50-47(49-44)37-14-5-2-6-15-37)42-29-40(39-25-22-33-13-7-8-16-38(33)27-39)28-41(30-42)43-19-9-17-36-18-10-26-48-46(36)43/h1-31H. The molecule has 0 aliphatic carbocycles. The molecule has 0 bridgehead atoms. The Labute approximate surface area is 291 Å². The molecule has 0 radical (unpaired) electrons. The molecule has 9 aromatic rings. The van der Waals surface area contributed by atoms with Crippen LogP contribution in [0.25, 0.3) is 89.0 Å². The first-order valence-corrected chi connectivity index (χ1v) is 16.8. The molecule has 2 heterocycles. The van der Waals surface area contributed by atoms with Crippen molar-refractivity contribution in [1.82, 2.24) is 15.0 Å². The molecule has 2 aromatic heterocycles. The van der Waals surface area contributed by atoms with Crippen LogP contribution in [0.3, 0.4) is 0 Å². The van der Waals surface area contributed by atoms with Crippen molar-refractivity contribution in [2.45, 2.75) is 0 Å². The summed E-state index contributed by atoms with van der Waals surface area (Å²) < 4.78 is 0.